The molecule has 0 aliphatic heterocycles. The van der Waals surface area contributed by atoms with E-state index in [2.05, 4.69) is 20.7 Å². The molecule has 0 bridgehead atoms. The SMILES string of the molecule is Cc1c(C(F)(F)F)cccc1S(=O)(=O)NCCCCBr. The van der Waals surface area contributed by atoms with Gasteiger partial charge in [-0.1, -0.05) is 22.0 Å². The zero-order valence-corrected chi connectivity index (χ0v) is 13.2. The minimum Gasteiger partial charge on any atom is -0.211 e. The Morgan fingerprint density at radius 1 is 1.25 bits per heavy atom. The second-order valence-electron chi connectivity index (χ2n) is 4.22. The lowest BCUT2D eigenvalue weighted by atomic mass is 10.1. The van der Waals surface area contributed by atoms with E-state index in [9.17, 15) is 21.6 Å². The van der Waals surface area contributed by atoms with Crippen LogP contribution in [0.4, 0.5) is 13.2 Å². The summed E-state index contributed by atoms with van der Waals surface area (Å²) in [4.78, 5) is -0.328. The number of halogens is 4. The van der Waals surface area contributed by atoms with Gasteiger partial charge in [0.05, 0.1) is 10.5 Å². The molecule has 0 saturated carbocycles. The van der Waals surface area contributed by atoms with Crippen LogP contribution >= 0.6 is 15.9 Å². The van der Waals surface area contributed by atoms with Crippen molar-refractivity contribution in [1.82, 2.24) is 4.72 Å². The van der Waals surface area contributed by atoms with Crippen LogP contribution in [0.3, 0.4) is 0 Å². The van der Waals surface area contributed by atoms with E-state index in [1.807, 2.05) is 0 Å². The van der Waals surface area contributed by atoms with Crippen LogP contribution in [0.1, 0.15) is 24.0 Å². The normalized spacial score (nSPS) is 12.7. The molecule has 20 heavy (non-hydrogen) atoms. The summed E-state index contributed by atoms with van der Waals surface area (Å²) in [5, 5.41) is 0.747. The average Bonchev–Trinajstić information content (AvgIpc) is 2.33. The molecule has 1 N–H and O–H groups in total. The van der Waals surface area contributed by atoms with E-state index in [0.717, 1.165) is 30.8 Å². The van der Waals surface area contributed by atoms with Crippen LogP contribution in [0.15, 0.2) is 23.1 Å². The molecule has 0 aliphatic carbocycles. The van der Waals surface area contributed by atoms with Crippen molar-refractivity contribution in [1.29, 1.82) is 0 Å². The summed E-state index contributed by atoms with van der Waals surface area (Å²) in [6.45, 7) is 1.36. The molecule has 1 aromatic carbocycles. The summed E-state index contributed by atoms with van der Waals surface area (Å²) in [5.41, 5.74) is -1.21. The summed E-state index contributed by atoms with van der Waals surface area (Å²) in [6, 6.07) is 3.15. The van der Waals surface area contributed by atoms with E-state index in [-0.39, 0.29) is 17.0 Å². The van der Waals surface area contributed by atoms with E-state index in [4.69, 9.17) is 0 Å². The third kappa shape index (κ3) is 4.46. The van der Waals surface area contributed by atoms with Gasteiger partial charge in [0.1, 0.15) is 0 Å². The van der Waals surface area contributed by atoms with Crippen molar-refractivity contribution in [3.63, 3.8) is 0 Å². The molecule has 1 rings (SSSR count). The molecule has 0 radical (unpaired) electrons. The topological polar surface area (TPSA) is 46.2 Å². The quantitative estimate of drug-likeness (QED) is 0.612. The van der Waals surface area contributed by atoms with E-state index < -0.39 is 21.8 Å². The molecule has 0 saturated heterocycles. The highest BCUT2D eigenvalue weighted by Crippen LogP contribution is 2.34. The Balaban J connectivity index is 3.02. The molecule has 3 nitrogen and oxygen atoms in total. The van der Waals surface area contributed by atoms with Gasteiger partial charge in [-0.05, 0) is 37.5 Å². The van der Waals surface area contributed by atoms with Crippen LogP contribution in [-0.4, -0.2) is 20.3 Å². The lowest BCUT2D eigenvalue weighted by Crippen LogP contribution is -2.26. The zero-order valence-electron chi connectivity index (χ0n) is 10.8. The molecule has 0 atom stereocenters. The second-order valence-corrected chi connectivity index (χ2v) is 6.75. The van der Waals surface area contributed by atoms with Crippen molar-refractivity contribution in [3.8, 4) is 0 Å². The predicted molar refractivity (Wildman–Crippen MR) is 74.4 cm³/mol. The van der Waals surface area contributed by atoms with Gasteiger partial charge in [0.2, 0.25) is 10.0 Å². The van der Waals surface area contributed by atoms with Gasteiger partial charge in [0, 0.05) is 11.9 Å². The lowest BCUT2D eigenvalue weighted by molar-refractivity contribution is -0.138. The number of benzene rings is 1. The van der Waals surface area contributed by atoms with Crippen LogP contribution in [0.5, 0.6) is 0 Å². The standard InChI is InChI=1S/C12H15BrF3NO2S/c1-9-10(12(14,15)16)5-4-6-11(9)20(18,19)17-8-3-2-7-13/h4-6,17H,2-3,7-8H2,1H3. The molecule has 0 spiro atoms. The molecule has 0 aromatic heterocycles. The number of hydrogen-bond donors (Lipinski definition) is 1. The van der Waals surface area contributed by atoms with Gasteiger partial charge in [0.25, 0.3) is 0 Å². The number of rotatable bonds is 6. The Bertz CT molecular complexity index is 558. The molecule has 0 fully saturated rings. The molecule has 0 heterocycles. The summed E-state index contributed by atoms with van der Waals surface area (Å²) >= 11 is 3.22. The molecular formula is C12H15BrF3NO2S. The largest absolute Gasteiger partial charge is 0.416 e. The van der Waals surface area contributed by atoms with Crippen molar-refractivity contribution >= 4 is 26.0 Å². The van der Waals surface area contributed by atoms with Crippen LogP contribution in [0.25, 0.3) is 0 Å². The molecule has 8 heteroatoms. The number of unbranched alkanes of at least 4 members (excludes halogenated alkanes) is 1. The lowest BCUT2D eigenvalue weighted by Gasteiger charge is -2.14. The first-order chi connectivity index (χ1) is 9.20. The highest BCUT2D eigenvalue weighted by Gasteiger charge is 2.34. The predicted octanol–water partition coefficient (Wildman–Crippen LogP) is 3.47. The van der Waals surface area contributed by atoms with Gasteiger partial charge < -0.3 is 0 Å². The van der Waals surface area contributed by atoms with E-state index in [1.165, 1.54) is 6.07 Å². The van der Waals surface area contributed by atoms with E-state index in [0.29, 0.717) is 6.42 Å². The first-order valence-electron chi connectivity index (χ1n) is 5.92. The molecular weight excluding hydrogens is 359 g/mol. The maximum absolute atomic E-state index is 12.7. The van der Waals surface area contributed by atoms with Gasteiger partial charge in [-0.15, -0.1) is 0 Å². The third-order valence-electron chi connectivity index (χ3n) is 2.73. The third-order valence-corrected chi connectivity index (χ3v) is 4.90. The van der Waals surface area contributed by atoms with Crippen LogP contribution in [0.2, 0.25) is 0 Å². The summed E-state index contributed by atoms with van der Waals surface area (Å²) in [6.07, 6.45) is -3.17. The fraction of sp³-hybridized carbons (Fsp3) is 0.500. The van der Waals surface area contributed by atoms with Crippen molar-refractivity contribution in [2.75, 3.05) is 11.9 Å². The monoisotopic (exact) mass is 373 g/mol. The van der Waals surface area contributed by atoms with E-state index >= 15 is 0 Å². The van der Waals surface area contributed by atoms with Crippen molar-refractivity contribution in [2.24, 2.45) is 0 Å². The molecule has 1 aromatic rings. The molecule has 0 unspecified atom stereocenters. The van der Waals surface area contributed by atoms with Gasteiger partial charge in [-0.25, -0.2) is 13.1 Å². The Morgan fingerprint density at radius 2 is 1.90 bits per heavy atom. The average molecular weight is 374 g/mol. The number of sulfonamides is 1. The fourth-order valence-electron chi connectivity index (χ4n) is 1.72. The Hall–Kier alpha value is -0.600. The minimum absolute atomic E-state index is 0.198. The van der Waals surface area contributed by atoms with Gasteiger partial charge in [-0.3, -0.25) is 0 Å². The van der Waals surface area contributed by atoms with Crippen molar-refractivity contribution < 1.29 is 21.6 Å². The number of hydrogen-bond acceptors (Lipinski definition) is 2. The summed E-state index contributed by atoms with van der Waals surface area (Å²) in [7, 11) is -3.92. The fourth-order valence-corrected chi connectivity index (χ4v) is 3.45. The maximum atomic E-state index is 12.7. The first kappa shape index (κ1) is 17.5. The van der Waals surface area contributed by atoms with Crippen molar-refractivity contribution in [3.05, 3.63) is 29.3 Å². The van der Waals surface area contributed by atoms with E-state index in [1.54, 1.807) is 0 Å². The van der Waals surface area contributed by atoms with Gasteiger partial charge in [-0.2, -0.15) is 13.2 Å². The highest BCUT2D eigenvalue weighted by molar-refractivity contribution is 9.09. The second kappa shape index (κ2) is 6.91. The molecule has 114 valence electrons. The van der Waals surface area contributed by atoms with Crippen LogP contribution in [-0.2, 0) is 16.2 Å². The van der Waals surface area contributed by atoms with Gasteiger partial charge >= 0.3 is 6.18 Å². The Kier molecular flexibility index (Phi) is 6.03. The molecule has 0 amide bonds. The number of alkyl halides is 4. The minimum atomic E-state index is -4.56. The van der Waals surface area contributed by atoms with Crippen molar-refractivity contribution in [2.45, 2.75) is 30.8 Å². The highest BCUT2D eigenvalue weighted by atomic mass is 79.9. The Morgan fingerprint density at radius 3 is 2.45 bits per heavy atom. The van der Waals surface area contributed by atoms with Crippen LogP contribution in [0, 0.1) is 6.92 Å². The first-order valence-corrected chi connectivity index (χ1v) is 8.53. The zero-order chi connectivity index (χ0) is 15.4. The summed E-state index contributed by atoms with van der Waals surface area (Å²) < 4.78 is 64.6. The summed E-state index contributed by atoms with van der Waals surface area (Å²) in [5.74, 6) is 0. The number of nitrogens with one attached hydrogen (secondary N) is 1. The Labute approximate surface area is 124 Å². The smallest absolute Gasteiger partial charge is 0.211 e. The van der Waals surface area contributed by atoms with Crippen LogP contribution < -0.4 is 4.72 Å². The maximum Gasteiger partial charge on any atom is 0.416 e. The van der Waals surface area contributed by atoms with Gasteiger partial charge in [0.15, 0.2) is 0 Å². The molecule has 0 aliphatic rings.